The maximum atomic E-state index is 5.81. The lowest BCUT2D eigenvalue weighted by atomic mass is 10.3. The Morgan fingerprint density at radius 1 is 1.47 bits per heavy atom. The summed E-state index contributed by atoms with van der Waals surface area (Å²) < 4.78 is 5.85. The normalized spacial score (nSPS) is 12.7. The summed E-state index contributed by atoms with van der Waals surface area (Å²) in [6.07, 6.45) is 3.35. The van der Waals surface area contributed by atoms with Crippen LogP contribution in [0.5, 0.6) is 0 Å². The number of aromatic nitrogens is 3. The van der Waals surface area contributed by atoms with Crippen molar-refractivity contribution in [1.29, 1.82) is 0 Å². The van der Waals surface area contributed by atoms with E-state index in [2.05, 4.69) is 31.1 Å². The van der Waals surface area contributed by atoms with Crippen LogP contribution in [-0.4, -0.2) is 15.1 Å². The van der Waals surface area contributed by atoms with Crippen molar-refractivity contribution in [3.63, 3.8) is 0 Å². The highest BCUT2D eigenvalue weighted by atomic mass is 79.9. The van der Waals surface area contributed by atoms with Crippen LogP contribution in [0.3, 0.4) is 0 Å². The zero-order valence-electron chi connectivity index (χ0n) is 7.82. The molecule has 0 radical (unpaired) electrons. The zero-order chi connectivity index (χ0) is 10.8. The van der Waals surface area contributed by atoms with Crippen molar-refractivity contribution in [2.75, 3.05) is 0 Å². The monoisotopic (exact) mass is 287 g/mol. The molecule has 2 heterocycles. The molecule has 0 aliphatic heterocycles. The summed E-state index contributed by atoms with van der Waals surface area (Å²) in [6.45, 7) is 1.78. The predicted molar refractivity (Wildman–Crippen MR) is 59.5 cm³/mol. The molecule has 78 valence electrons. The van der Waals surface area contributed by atoms with Crippen molar-refractivity contribution in [2.24, 2.45) is 0 Å². The largest absolute Gasteiger partial charge is 0.337 e. The van der Waals surface area contributed by atoms with E-state index in [4.69, 9.17) is 16.1 Å². The Balaban J connectivity index is 2.37. The topological polar surface area (TPSA) is 51.8 Å². The van der Waals surface area contributed by atoms with Crippen LogP contribution >= 0.6 is 27.5 Å². The fourth-order valence-corrected chi connectivity index (χ4v) is 1.50. The van der Waals surface area contributed by atoms with Gasteiger partial charge in [0, 0.05) is 22.4 Å². The molecule has 2 rings (SSSR count). The molecular formula is C9H7BrClN3O. The van der Waals surface area contributed by atoms with Crippen molar-refractivity contribution in [2.45, 2.75) is 12.3 Å². The smallest absolute Gasteiger partial charge is 0.244 e. The Bertz CT molecular complexity index is 472. The van der Waals surface area contributed by atoms with Crippen LogP contribution in [0.1, 0.15) is 18.2 Å². The van der Waals surface area contributed by atoms with Gasteiger partial charge in [0.2, 0.25) is 11.7 Å². The van der Waals surface area contributed by atoms with Gasteiger partial charge in [-0.2, -0.15) is 4.98 Å². The van der Waals surface area contributed by atoms with E-state index in [-0.39, 0.29) is 5.38 Å². The molecule has 2 aromatic rings. The maximum absolute atomic E-state index is 5.81. The Morgan fingerprint density at radius 2 is 2.27 bits per heavy atom. The van der Waals surface area contributed by atoms with E-state index >= 15 is 0 Å². The molecule has 0 aliphatic carbocycles. The third-order valence-corrected chi connectivity index (χ3v) is 2.37. The number of halogens is 2. The van der Waals surface area contributed by atoms with Gasteiger partial charge in [-0.15, -0.1) is 11.6 Å². The average molecular weight is 289 g/mol. The number of nitrogens with zero attached hydrogens (tertiary/aromatic N) is 3. The van der Waals surface area contributed by atoms with Crippen LogP contribution < -0.4 is 0 Å². The summed E-state index contributed by atoms with van der Waals surface area (Å²) in [5.41, 5.74) is 0.789. The van der Waals surface area contributed by atoms with E-state index in [0.29, 0.717) is 11.7 Å². The molecule has 0 bridgehead atoms. The van der Waals surface area contributed by atoms with Gasteiger partial charge < -0.3 is 4.52 Å². The molecule has 0 fully saturated rings. The van der Waals surface area contributed by atoms with E-state index in [1.807, 2.05) is 6.07 Å². The van der Waals surface area contributed by atoms with Gasteiger partial charge in [0.05, 0.1) is 0 Å². The van der Waals surface area contributed by atoms with E-state index in [0.717, 1.165) is 10.0 Å². The van der Waals surface area contributed by atoms with Gasteiger partial charge in [0.1, 0.15) is 5.38 Å². The lowest BCUT2D eigenvalue weighted by Gasteiger charge is -1.93. The minimum absolute atomic E-state index is 0.286. The van der Waals surface area contributed by atoms with Crippen molar-refractivity contribution in [3.8, 4) is 11.4 Å². The maximum Gasteiger partial charge on any atom is 0.244 e. The molecule has 0 spiro atoms. The molecule has 0 aliphatic rings. The summed E-state index contributed by atoms with van der Waals surface area (Å²) in [7, 11) is 0. The van der Waals surface area contributed by atoms with Crippen molar-refractivity contribution < 1.29 is 4.52 Å². The summed E-state index contributed by atoms with van der Waals surface area (Å²) in [4.78, 5) is 8.16. The van der Waals surface area contributed by atoms with Gasteiger partial charge in [-0.05, 0) is 28.9 Å². The third-order valence-electron chi connectivity index (χ3n) is 1.75. The van der Waals surface area contributed by atoms with Gasteiger partial charge in [-0.25, -0.2) is 0 Å². The lowest BCUT2D eigenvalue weighted by Crippen LogP contribution is -1.85. The van der Waals surface area contributed by atoms with Gasteiger partial charge >= 0.3 is 0 Å². The zero-order valence-corrected chi connectivity index (χ0v) is 10.2. The number of hydrogen-bond acceptors (Lipinski definition) is 4. The van der Waals surface area contributed by atoms with E-state index < -0.39 is 0 Å². The highest BCUT2D eigenvalue weighted by molar-refractivity contribution is 9.10. The molecule has 4 nitrogen and oxygen atoms in total. The fraction of sp³-hybridized carbons (Fsp3) is 0.222. The summed E-state index contributed by atoms with van der Waals surface area (Å²) in [5, 5.41) is 3.53. The second-order valence-electron chi connectivity index (χ2n) is 2.96. The Labute approximate surface area is 99.8 Å². The first-order valence-corrected chi connectivity index (χ1v) is 5.48. The highest BCUT2D eigenvalue weighted by Gasteiger charge is 2.12. The number of alkyl halides is 1. The predicted octanol–water partition coefficient (Wildman–Crippen LogP) is 3.19. The minimum atomic E-state index is -0.286. The third kappa shape index (κ3) is 2.35. The van der Waals surface area contributed by atoms with Crippen molar-refractivity contribution in [1.82, 2.24) is 15.1 Å². The standard InChI is InChI=1S/C9H7BrClN3O/c1-5(11)9-13-8(14-15-9)6-2-7(10)4-12-3-6/h2-5H,1H3. The molecule has 0 N–H and O–H groups in total. The summed E-state index contributed by atoms with van der Waals surface area (Å²) in [6, 6.07) is 1.86. The average Bonchev–Trinajstić information content (AvgIpc) is 2.66. The van der Waals surface area contributed by atoms with E-state index in [1.165, 1.54) is 0 Å². The Morgan fingerprint density at radius 3 is 2.87 bits per heavy atom. The minimum Gasteiger partial charge on any atom is -0.337 e. The van der Waals surface area contributed by atoms with Crippen LogP contribution in [0.25, 0.3) is 11.4 Å². The first-order valence-electron chi connectivity index (χ1n) is 4.25. The molecule has 1 atom stereocenters. The van der Waals surface area contributed by atoms with Crippen LogP contribution in [0.15, 0.2) is 27.5 Å². The molecule has 15 heavy (non-hydrogen) atoms. The second-order valence-corrected chi connectivity index (χ2v) is 4.53. The fourth-order valence-electron chi connectivity index (χ4n) is 1.05. The summed E-state index contributed by atoms with van der Waals surface area (Å²) in [5.74, 6) is 0.901. The number of pyridine rings is 1. The van der Waals surface area contributed by atoms with Crippen LogP contribution in [0, 0.1) is 0 Å². The van der Waals surface area contributed by atoms with Crippen molar-refractivity contribution >= 4 is 27.5 Å². The van der Waals surface area contributed by atoms with E-state index in [9.17, 15) is 0 Å². The number of hydrogen-bond donors (Lipinski definition) is 0. The van der Waals surface area contributed by atoms with Gasteiger partial charge in [0.25, 0.3) is 0 Å². The summed E-state index contributed by atoms with van der Waals surface area (Å²) >= 11 is 9.13. The molecule has 0 saturated carbocycles. The molecule has 0 saturated heterocycles. The van der Waals surface area contributed by atoms with Crippen LogP contribution in [-0.2, 0) is 0 Å². The molecule has 0 aromatic carbocycles. The molecule has 1 unspecified atom stereocenters. The SMILES string of the molecule is CC(Cl)c1nc(-c2cncc(Br)c2)no1. The second kappa shape index (κ2) is 4.28. The van der Waals surface area contributed by atoms with Gasteiger partial charge in [0.15, 0.2) is 0 Å². The Hall–Kier alpha value is -0.940. The lowest BCUT2D eigenvalue weighted by molar-refractivity contribution is 0.379. The van der Waals surface area contributed by atoms with Crippen LogP contribution in [0.2, 0.25) is 0 Å². The number of rotatable bonds is 2. The quantitative estimate of drug-likeness (QED) is 0.796. The molecule has 6 heteroatoms. The first kappa shape index (κ1) is 10.6. The van der Waals surface area contributed by atoms with E-state index in [1.54, 1.807) is 19.3 Å². The molecule has 2 aromatic heterocycles. The Kier molecular flexibility index (Phi) is 3.02. The molecular weight excluding hydrogens is 281 g/mol. The van der Waals surface area contributed by atoms with Crippen LogP contribution in [0.4, 0.5) is 0 Å². The highest BCUT2D eigenvalue weighted by Crippen LogP contribution is 2.22. The first-order chi connectivity index (χ1) is 7.16. The molecule has 0 amide bonds. The van der Waals surface area contributed by atoms with Gasteiger partial charge in [-0.3, -0.25) is 4.98 Å². The van der Waals surface area contributed by atoms with Gasteiger partial charge in [-0.1, -0.05) is 5.16 Å². The van der Waals surface area contributed by atoms with Crippen molar-refractivity contribution in [3.05, 3.63) is 28.8 Å².